The lowest BCUT2D eigenvalue weighted by atomic mass is 10.3. The van der Waals surface area contributed by atoms with Crippen molar-refractivity contribution in [2.24, 2.45) is 0 Å². The number of hydrogen-bond acceptors (Lipinski definition) is 4. The Bertz CT molecular complexity index is 786. The van der Waals surface area contributed by atoms with Crippen LogP contribution in [0.1, 0.15) is 4.88 Å². The Kier molecular flexibility index (Phi) is 5.34. The number of carbonyl (C=O) groups excluding carboxylic acids is 1. The summed E-state index contributed by atoms with van der Waals surface area (Å²) >= 11 is 1.10. The summed E-state index contributed by atoms with van der Waals surface area (Å²) in [5.41, 5.74) is 0.464. The van der Waals surface area contributed by atoms with Gasteiger partial charge in [-0.05, 0) is 36.4 Å². The maximum absolute atomic E-state index is 12.8. The third kappa shape index (κ3) is 4.50. The number of amides is 2. The summed E-state index contributed by atoms with van der Waals surface area (Å²) in [5.74, 6) is -0.385. The molecule has 6 nitrogen and oxygen atoms in total. The lowest BCUT2D eigenvalue weighted by Crippen LogP contribution is -2.27. The molecule has 1 heterocycles. The summed E-state index contributed by atoms with van der Waals surface area (Å²) in [7, 11) is -0.536. The van der Waals surface area contributed by atoms with Gasteiger partial charge in [0.1, 0.15) is 10.0 Å². The first kappa shape index (κ1) is 17.4. The van der Waals surface area contributed by atoms with E-state index in [0.29, 0.717) is 10.6 Å². The van der Waals surface area contributed by atoms with Crippen molar-refractivity contribution >= 4 is 33.1 Å². The number of anilines is 1. The van der Waals surface area contributed by atoms with Gasteiger partial charge in [0.2, 0.25) is 0 Å². The lowest BCUT2D eigenvalue weighted by Gasteiger charge is -2.08. The predicted octanol–water partition coefficient (Wildman–Crippen LogP) is 2.46. The summed E-state index contributed by atoms with van der Waals surface area (Å²) in [4.78, 5) is 12.5. The molecule has 0 aliphatic heterocycles. The molecule has 0 aliphatic carbocycles. The van der Waals surface area contributed by atoms with Crippen molar-refractivity contribution < 1.29 is 17.6 Å². The van der Waals surface area contributed by atoms with Gasteiger partial charge in [0.05, 0.1) is 6.54 Å². The minimum atomic E-state index is -3.46. The molecule has 0 atom stereocenters. The maximum Gasteiger partial charge on any atom is 0.319 e. The zero-order valence-electron chi connectivity index (χ0n) is 12.5. The lowest BCUT2D eigenvalue weighted by molar-refractivity contribution is 0.252. The van der Waals surface area contributed by atoms with Gasteiger partial charge in [-0.25, -0.2) is 21.9 Å². The van der Waals surface area contributed by atoms with E-state index in [0.717, 1.165) is 15.6 Å². The van der Waals surface area contributed by atoms with E-state index >= 15 is 0 Å². The van der Waals surface area contributed by atoms with E-state index in [1.54, 1.807) is 6.07 Å². The molecule has 0 aliphatic rings. The first-order valence-corrected chi connectivity index (χ1v) is 8.86. The second kappa shape index (κ2) is 7.07. The Morgan fingerprint density at radius 1 is 1.17 bits per heavy atom. The van der Waals surface area contributed by atoms with Gasteiger partial charge < -0.3 is 10.6 Å². The largest absolute Gasteiger partial charge is 0.333 e. The molecular formula is C14H16FN3O3S2. The molecule has 1 aromatic heterocycles. The number of thiophene rings is 1. The van der Waals surface area contributed by atoms with Gasteiger partial charge >= 0.3 is 6.03 Å². The van der Waals surface area contributed by atoms with Crippen molar-refractivity contribution in [1.82, 2.24) is 9.62 Å². The molecule has 2 N–H and O–H groups in total. The highest BCUT2D eigenvalue weighted by molar-refractivity contribution is 7.91. The fourth-order valence-corrected chi connectivity index (χ4v) is 4.11. The van der Waals surface area contributed by atoms with Gasteiger partial charge in [-0.15, -0.1) is 11.3 Å². The fourth-order valence-electron chi connectivity index (χ4n) is 1.65. The number of nitrogens with zero attached hydrogens (tertiary/aromatic N) is 1. The molecule has 1 aromatic carbocycles. The van der Waals surface area contributed by atoms with E-state index in [9.17, 15) is 17.6 Å². The minimum absolute atomic E-state index is 0.195. The van der Waals surface area contributed by atoms with Crippen molar-refractivity contribution in [2.45, 2.75) is 10.8 Å². The number of carbonyl (C=O) groups is 1. The Morgan fingerprint density at radius 2 is 1.83 bits per heavy atom. The van der Waals surface area contributed by atoms with E-state index in [2.05, 4.69) is 10.6 Å². The third-order valence-corrected chi connectivity index (χ3v) is 6.26. The monoisotopic (exact) mass is 357 g/mol. The van der Waals surface area contributed by atoms with E-state index in [1.165, 1.54) is 44.4 Å². The maximum atomic E-state index is 12.8. The molecule has 0 saturated heterocycles. The van der Waals surface area contributed by atoms with Crippen molar-refractivity contribution in [3.8, 4) is 0 Å². The predicted molar refractivity (Wildman–Crippen MR) is 87.5 cm³/mol. The average molecular weight is 357 g/mol. The normalized spacial score (nSPS) is 11.5. The van der Waals surface area contributed by atoms with Crippen LogP contribution in [0.15, 0.2) is 40.6 Å². The second-order valence-corrected chi connectivity index (χ2v) is 8.37. The zero-order chi connectivity index (χ0) is 17.0. The number of hydrogen-bond donors (Lipinski definition) is 2. The van der Waals surface area contributed by atoms with Crippen LogP contribution in [-0.4, -0.2) is 32.8 Å². The van der Waals surface area contributed by atoms with Crippen LogP contribution in [0.3, 0.4) is 0 Å². The minimum Gasteiger partial charge on any atom is -0.333 e. The Morgan fingerprint density at radius 3 is 2.43 bits per heavy atom. The zero-order valence-corrected chi connectivity index (χ0v) is 14.2. The Labute approximate surface area is 138 Å². The van der Waals surface area contributed by atoms with E-state index in [4.69, 9.17) is 0 Å². The van der Waals surface area contributed by atoms with E-state index in [-0.39, 0.29) is 16.6 Å². The number of urea groups is 1. The standard InChI is InChI=1S/C14H16FN3O3S2/c1-18(2)23(20,21)13-8-7-12(22-13)9-16-14(19)17-11-5-3-10(15)4-6-11/h3-8H,9H2,1-2H3,(H2,16,17,19). The number of rotatable bonds is 5. The van der Waals surface area contributed by atoms with Crippen molar-refractivity contribution in [3.05, 3.63) is 47.1 Å². The molecule has 0 fully saturated rings. The molecule has 2 rings (SSSR count). The average Bonchev–Trinajstić information content (AvgIpc) is 2.97. The third-order valence-electron chi connectivity index (χ3n) is 2.90. The second-order valence-electron chi connectivity index (χ2n) is 4.82. The first-order chi connectivity index (χ1) is 10.8. The number of sulfonamides is 1. The highest BCUT2D eigenvalue weighted by atomic mass is 32.2. The van der Waals surface area contributed by atoms with Crippen molar-refractivity contribution in [2.75, 3.05) is 19.4 Å². The van der Waals surface area contributed by atoms with Crippen LogP contribution in [0.2, 0.25) is 0 Å². The van der Waals surface area contributed by atoms with Gasteiger partial charge in [-0.2, -0.15) is 0 Å². The summed E-state index contributed by atoms with van der Waals surface area (Å²) in [6.45, 7) is 0.195. The molecule has 2 amide bonds. The summed E-state index contributed by atoms with van der Waals surface area (Å²) in [6.07, 6.45) is 0. The number of benzene rings is 1. The first-order valence-electron chi connectivity index (χ1n) is 6.60. The van der Waals surface area contributed by atoms with Crippen LogP contribution in [-0.2, 0) is 16.6 Å². The van der Waals surface area contributed by atoms with Gasteiger partial charge in [-0.3, -0.25) is 0 Å². The topological polar surface area (TPSA) is 78.5 Å². The molecule has 9 heteroatoms. The Balaban J connectivity index is 1.92. The van der Waals surface area contributed by atoms with Crippen LogP contribution in [0, 0.1) is 5.82 Å². The summed E-state index contributed by atoms with van der Waals surface area (Å²) in [6, 6.07) is 8.08. The van der Waals surface area contributed by atoms with Gasteiger partial charge in [-0.1, -0.05) is 0 Å². The van der Waals surface area contributed by atoms with Crippen LogP contribution in [0.4, 0.5) is 14.9 Å². The molecule has 0 radical (unpaired) electrons. The molecule has 2 aromatic rings. The van der Waals surface area contributed by atoms with Crippen LogP contribution in [0.25, 0.3) is 0 Å². The number of nitrogens with one attached hydrogen (secondary N) is 2. The molecule has 0 spiro atoms. The SMILES string of the molecule is CN(C)S(=O)(=O)c1ccc(CNC(=O)Nc2ccc(F)cc2)s1. The molecule has 0 unspecified atom stereocenters. The van der Waals surface area contributed by atoms with Crippen LogP contribution < -0.4 is 10.6 Å². The highest BCUT2D eigenvalue weighted by Crippen LogP contribution is 2.23. The fraction of sp³-hybridized carbons (Fsp3) is 0.214. The molecule has 23 heavy (non-hydrogen) atoms. The van der Waals surface area contributed by atoms with Crippen LogP contribution in [0.5, 0.6) is 0 Å². The summed E-state index contributed by atoms with van der Waals surface area (Å²) < 4.78 is 38.0. The van der Waals surface area contributed by atoms with Crippen molar-refractivity contribution in [3.63, 3.8) is 0 Å². The summed E-state index contributed by atoms with van der Waals surface area (Å²) in [5, 5.41) is 5.17. The molecule has 124 valence electrons. The van der Waals surface area contributed by atoms with Gasteiger partial charge in [0, 0.05) is 24.7 Å². The van der Waals surface area contributed by atoms with Crippen LogP contribution >= 0.6 is 11.3 Å². The number of halogens is 1. The quantitative estimate of drug-likeness (QED) is 0.863. The van der Waals surface area contributed by atoms with E-state index < -0.39 is 16.1 Å². The Hall–Kier alpha value is -1.97. The van der Waals surface area contributed by atoms with Gasteiger partial charge in [0.15, 0.2) is 0 Å². The van der Waals surface area contributed by atoms with Gasteiger partial charge in [0.25, 0.3) is 10.0 Å². The molecule has 0 saturated carbocycles. The van der Waals surface area contributed by atoms with Crippen molar-refractivity contribution in [1.29, 1.82) is 0 Å². The molecule has 0 bridgehead atoms. The highest BCUT2D eigenvalue weighted by Gasteiger charge is 2.19. The van der Waals surface area contributed by atoms with E-state index in [1.807, 2.05) is 0 Å². The molecular weight excluding hydrogens is 341 g/mol. The smallest absolute Gasteiger partial charge is 0.319 e.